The van der Waals surface area contributed by atoms with Gasteiger partial charge in [-0.15, -0.1) is 0 Å². The Morgan fingerprint density at radius 3 is 2.24 bits per heavy atom. The fourth-order valence-corrected chi connectivity index (χ4v) is 1.96. The molecule has 21 heavy (non-hydrogen) atoms. The van der Waals surface area contributed by atoms with Crippen LogP contribution >= 0.6 is 0 Å². The molecular weight excluding hydrogens is 262 g/mol. The van der Waals surface area contributed by atoms with E-state index in [0.29, 0.717) is 0 Å². The first-order valence-corrected chi connectivity index (χ1v) is 7.04. The number of aryl methyl sites for hydroxylation is 1. The van der Waals surface area contributed by atoms with Gasteiger partial charge in [0.1, 0.15) is 0 Å². The molecule has 0 aliphatic heterocycles. The molecule has 2 amide bonds. The second-order valence-corrected chi connectivity index (χ2v) is 5.32. The molecule has 0 heterocycles. The average Bonchev–Trinajstić information content (AvgIpc) is 2.40. The van der Waals surface area contributed by atoms with E-state index in [1.54, 1.807) is 0 Å². The average molecular weight is 283 g/mol. The number of carbonyl (C=O) groups excluding carboxylic acids is 1. The first kappa shape index (κ1) is 14.9. The van der Waals surface area contributed by atoms with Gasteiger partial charge < -0.3 is 16.0 Å². The second kappa shape index (κ2) is 6.79. The summed E-state index contributed by atoms with van der Waals surface area (Å²) in [5.74, 6) is 0. The smallest absolute Gasteiger partial charge is 0.319 e. The van der Waals surface area contributed by atoms with E-state index >= 15 is 0 Å². The van der Waals surface area contributed by atoms with Gasteiger partial charge >= 0.3 is 6.03 Å². The minimum Gasteiger partial charge on any atom is -0.356 e. The molecule has 4 nitrogen and oxygen atoms in total. The lowest BCUT2D eigenvalue weighted by molar-refractivity contribution is 0.250. The SMILES string of the molecule is Cc1cccc(Nc2ccc(NC(=O)NC(C)C)cc2)c1. The van der Waals surface area contributed by atoms with E-state index in [2.05, 4.69) is 35.0 Å². The summed E-state index contributed by atoms with van der Waals surface area (Å²) in [6.07, 6.45) is 0. The number of amides is 2. The molecule has 4 heteroatoms. The minimum atomic E-state index is -0.190. The molecular formula is C17H21N3O. The first-order valence-electron chi connectivity index (χ1n) is 7.04. The molecule has 0 saturated heterocycles. The van der Waals surface area contributed by atoms with E-state index in [0.717, 1.165) is 17.1 Å². The first-order chi connectivity index (χ1) is 10.0. The lowest BCUT2D eigenvalue weighted by atomic mass is 10.2. The quantitative estimate of drug-likeness (QED) is 0.785. The number of rotatable bonds is 4. The van der Waals surface area contributed by atoms with E-state index in [9.17, 15) is 4.79 Å². The molecule has 2 aromatic carbocycles. The van der Waals surface area contributed by atoms with Gasteiger partial charge in [-0.1, -0.05) is 12.1 Å². The summed E-state index contributed by atoms with van der Waals surface area (Å²) < 4.78 is 0. The van der Waals surface area contributed by atoms with Crippen LogP contribution in [0.2, 0.25) is 0 Å². The predicted octanol–water partition coefficient (Wildman–Crippen LogP) is 4.27. The van der Waals surface area contributed by atoms with Crippen molar-refractivity contribution in [1.29, 1.82) is 0 Å². The summed E-state index contributed by atoms with van der Waals surface area (Å²) in [4.78, 5) is 11.6. The Balaban J connectivity index is 1.97. The van der Waals surface area contributed by atoms with Crippen LogP contribution in [0.5, 0.6) is 0 Å². The van der Waals surface area contributed by atoms with Crippen LogP contribution in [0.15, 0.2) is 48.5 Å². The zero-order valence-corrected chi connectivity index (χ0v) is 12.6. The van der Waals surface area contributed by atoms with Crippen LogP contribution in [0.25, 0.3) is 0 Å². The molecule has 0 aliphatic rings. The Morgan fingerprint density at radius 2 is 1.62 bits per heavy atom. The maximum absolute atomic E-state index is 11.6. The molecule has 0 atom stereocenters. The molecule has 0 aromatic heterocycles. The van der Waals surface area contributed by atoms with Gasteiger partial charge in [-0.25, -0.2) is 4.79 Å². The number of urea groups is 1. The molecule has 0 bridgehead atoms. The molecule has 0 aliphatic carbocycles. The van der Waals surface area contributed by atoms with Gasteiger partial charge in [0.25, 0.3) is 0 Å². The number of benzene rings is 2. The molecule has 3 N–H and O–H groups in total. The van der Waals surface area contributed by atoms with Crippen molar-refractivity contribution in [3.05, 3.63) is 54.1 Å². The fraction of sp³-hybridized carbons (Fsp3) is 0.235. The van der Waals surface area contributed by atoms with E-state index in [1.807, 2.05) is 50.2 Å². The zero-order chi connectivity index (χ0) is 15.2. The highest BCUT2D eigenvalue weighted by molar-refractivity contribution is 5.89. The third-order valence-corrected chi connectivity index (χ3v) is 2.87. The van der Waals surface area contributed by atoms with Gasteiger partial charge in [0.05, 0.1) is 0 Å². The Morgan fingerprint density at radius 1 is 0.952 bits per heavy atom. The highest BCUT2D eigenvalue weighted by Crippen LogP contribution is 2.19. The maximum Gasteiger partial charge on any atom is 0.319 e. The molecule has 2 rings (SSSR count). The van der Waals surface area contributed by atoms with Gasteiger partial charge in [0, 0.05) is 23.1 Å². The Hall–Kier alpha value is -2.49. The lowest BCUT2D eigenvalue weighted by Gasteiger charge is -2.11. The number of hydrogen-bond acceptors (Lipinski definition) is 2. The van der Waals surface area contributed by atoms with Crippen molar-refractivity contribution in [1.82, 2.24) is 5.32 Å². The van der Waals surface area contributed by atoms with Crippen molar-refractivity contribution in [3.8, 4) is 0 Å². The Labute approximate surface area is 125 Å². The van der Waals surface area contributed by atoms with Crippen molar-refractivity contribution in [3.63, 3.8) is 0 Å². The summed E-state index contributed by atoms with van der Waals surface area (Å²) >= 11 is 0. The zero-order valence-electron chi connectivity index (χ0n) is 12.6. The normalized spacial score (nSPS) is 10.3. The summed E-state index contributed by atoms with van der Waals surface area (Å²) in [5.41, 5.74) is 4.01. The predicted molar refractivity (Wildman–Crippen MR) is 88.2 cm³/mol. The Kier molecular flexibility index (Phi) is 4.82. The van der Waals surface area contributed by atoms with Gasteiger partial charge in [-0.2, -0.15) is 0 Å². The number of carbonyl (C=O) groups is 1. The largest absolute Gasteiger partial charge is 0.356 e. The van der Waals surface area contributed by atoms with E-state index in [1.165, 1.54) is 5.56 Å². The molecule has 2 aromatic rings. The van der Waals surface area contributed by atoms with Crippen molar-refractivity contribution < 1.29 is 4.79 Å². The molecule has 0 fully saturated rings. The van der Waals surface area contributed by atoms with Crippen LogP contribution in [0.4, 0.5) is 21.9 Å². The van der Waals surface area contributed by atoms with Crippen LogP contribution in [0, 0.1) is 6.92 Å². The lowest BCUT2D eigenvalue weighted by Crippen LogP contribution is -2.34. The van der Waals surface area contributed by atoms with Crippen LogP contribution in [0.3, 0.4) is 0 Å². The van der Waals surface area contributed by atoms with Crippen LogP contribution in [-0.2, 0) is 0 Å². The van der Waals surface area contributed by atoms with Crippen molar-refractivity contribution in [2.24, 2.45) is 0 Å². The van der Waals surface area contributed by atoms with Gasteiger partial charge in [-0.3, -0.25) is 0 Å². The van der Waals surface area contributed by atoms with E-state index in [4.69, 9.17) is 0 Å². The summed E-state index contributed by atoms with van der Waals surface area (Å²) in [6.45, 7) is 5.91. The van der Waals surface area contributed by atoms with Gasteiger partial charge in [0.15, 0.2) is 0 Å². The van der Waals surface area contributed by atoms with Gasteiger partial charge in [0.2, 0.25) is 0 Å². The van der Waals surface area contributed by atoms with Crippen molar-refractivity contribution in [2.45, 2.75) is 26.8 Å². The molecule has 110 valence electrons. The Bertz CT molecular complexity index is 606. The molecule has 0 spiro atoms. The number of nitrogens with one attached hydrogen (secondary N) is 3. The molecule has 0 radical (unpaired) electrons. The van der Waals surface area contributed by atoms with Crippen LogP contribution in [0.1, 0.15) is 19.4 Å². The topological polar surface area (TPSA) is 53.2 Å². The molecule has 0 saturated carbocycles. The monoisotopic (exact) mass is 283 g/mol. The van der Waals surface area contributed by atoms with Crippen LogP contribution < -0.4 is 16.0 Å². The highest BCUT2D eigenvalue weighted by Gasteiger charge is 2.03. The molecule has 0 unspecified atom stereocenters. The van der Waals surface area contributed by atoms with Crippen molar-refractivity contribution in [2.75, 3.05) is 10.6 Å². The summed E-state index contributed by atoms with van der Waals surface area (Å²) in [6, 6.07) is 15.7. The number of hydrogen-bond donors (Lipinski definition) is 3. The summed E-state index contributed by atoms with van der Waals surface area (Å²) in [7, 11) is 0. The third-order valence-electron chi connectivity index (χ3n) is 2.87. The fourth-order valence-electron chi connectivity index (χ4n) is 1.96. The highest BCUT2D eigenvalue weighted by atomic mass is 16.2. The maximum atomic E-state index is 11.6. The standard InChI is InChI=1S/C17H21N3O/c1-12(2)18-17(21)20-15-9-7-14(8-10-15)19-16-6-4-5-13(3)11-16/h4-12,19H,1-3H3,(H2,18,20,21). The number of anilines is 3. The third kappa shape index (κ3) is 4.84. The minimum absolute atomic E-state index is 0.118. The van der Waals surface area contributed by atoms with E-state index in [-0.39, 0.29) is 12.1 Å². The summed E-state index contributed by atoms with van der Waals surface area (Å²) in [5, 5.41) is 8.91. The van der Waals surface area contributed by atoms with Crippen molar-refractivity contribution >= 4 is 23.1 Å². The van der Waals surface area contributed by atoms with E-state index < -0.39 is 0 Å². The van der Waals surface area contributed by atoms with Gasteiger partial charge in [-0.05, 0) is 62.7 Å². The second-order valence-electron chi connectivity index (χ2n) is 5.32. The van der Waals surface area contributed by atoms with Crippen LogP contribution in [-0.4, -0.2) is 12.1 Å².